The molecule has 0 unspecified atom stereocenters. The summed E-state index contributed by atoms with van der Waals surface area (Å²) in [6.45, 7) is 0.117. The van der Waals surface area contributed by atoms with Crippen molar-refractivity contribution in [3.8, 4) is 0 Å². The smallest absolute Gasteiger partial charge is 0.410 e. The number of amides is 1. The quantitative estimate of drug-likeness (QED) is 0.575. The largest absolute Gasteiger partial charge is 0.467 e. The molecule has 3 aromatic rings. The van der Waals surface area contributed by atoms with Crippen molar-refractivity contribution in [1.29, 1.82) is 0 Å². The third-order valence-electron chi connectivity index (χ3n) is 4.70. The molecule has 0 radical (unpaired) electrons. The van der Waals surface area contributed by atoms with E-state index in [1.165, 1.54) is 12.3 Å². The van der Waals surface area contributed by atoms with E-state index in [4.69, 9.17) is 4.42 Å². The van der Waals surface area contributed by atoms with Gasteiger partial charge in [-0.05, 0) is 29.8 Å². The molecule has 29 heavy (non-hydrogen) atoms. The van der Waals surface area contributed by atoms with Crippen LogP contribution in [0.15, 0.2) is 57.6 Å². The first-order valence-corrected chi connectivity index (χ1v) is 9.59. The van der Waals surface area contributed by atoms with E-state index in [0.717, 1.165) is 14.7 Å². The van der Waals surface area contributed by atoms with Crippen LogP contribution in [0.5, 0.6) is 0 Å². The molecule has 0 spiro atoms. The maximum Gasteiger partial charge on any atom is 0.410 e. The van der Waals surface area contributed by atoms with Crippen LogP contribution >= 0.6 is 15.9 Å². The molecular formula is C19H16BrF3N4O2. The Balaban J connectivity index is 1.59. The predicted octanol–water partition coefficient (Wildman–Crippen LogP) is 4.83. The second-order valence-corrected chi connectivity index (χ2v) is 7.58. The minimum Gasteiger partial charge on any atom is -0.467 e. The number of benzene rings is 1. The van der Waals surface area contributed by atoms with E-state index in [1.807, 2.05) is 0 Å². The Labute approximate surface area is 172 Å². The van der Waals surface area contributed by atoms with Crippen molar-refractivity contribution in [3.05, 3.63) is 70.2 Å². The van der Waals surface area contributed by atoms with Crippen molar-refractivity contribution in [2.45, 2.75) is 31.2 Å². The number of halogens is 4. The average Bonchev–Trinajstić information content (AvgIpc) is 3.34. The van der Waals surface area contributed by atoms with Gasteiger partial charge in [-0.3, -0.25) is 4.79 Å². The first-order valence-electron chi connectivity index (χ1n) is 8.80. The molecule has 0 bridgehead atoms. The minimum atomic E-state index is -4.50. The van der Waals surface area contributed by atoms with Crippen LogP contribution in [0, 0.1) is 0 Å². The van der Waals surface area contributed by atoms with Crippen LogP contribution in [0.25, 0.3) is 0 Å². The maximum absolute atomic E-state index is 13.7. The topological polar surface area (TPSA) is 72.1 Å². The molecule has 2 aromatic heterocycles. The van der Waals surface area contributed by atoms with E-state index in [0.29, 0.717) is 5.76 Å². The van der Waals surface area contributed by atoms with Gasteiger partial charge in [0.2, 0.25) is 0 Å². The molecule has 10 heteroatoms. The van der Waals surface area contributed by atoms with E-state index < -0.39 is 24.2 Å². The van der Waals surface area contributed by atoms with Crippen LogP contribution in [0.4, 0.5) is 19.0 Å². The fourth-order valence-corrected chi connectivity index (χ4v) is 3.53. The van der Waals surface area contributed by atoms with Gasteiger partial charge in [0.25, 0.3) is 5.91 Å². The molecule has 1 aliphatic heterocycles. The van der Waals surface area contributed by atoms with Gasteiger partial charge in [-0.15, -0.1) is 0 Å². The third-order valence-corrected chi connectivity index (χ3v) is 5.23. The maximum atomic E-state index is 13.7. The number of carbonyl (C=O) groups is 1. The van der Waals surface area contributed by atoms with E-state index >= 15 is 0 Å². The number of nitrogens with zero attached hydrogens (tertiary/aromatic N) is 2. The molecule has 3 heterocycles. The van der Waals surface area contributed by atoms with E-state index in [9.17, 15) is 18.0 Å². The first kappa shape index (κ1) is 19.6. The average molecular weight is 469 g/mol. The molecule has 1 amide bonds. The van der Waals surface area contributed by atoms with Crippen LogP contribution in [0.1, 0.15) is 40.3 Å². The Hall–Kier alpha value is -2.75. The highest BCUT2D eigenvalue weighted by Crippen LogP contribution is 2.43. The third kappa shape index (κ3) is 4.16. The summed E-state index contributed by atoms with van der Waals surface area (Å²) in [6.07, 6.45) is -3.26. The highest BCUT2D eigenvalue weighted by molar-refractivity contribution is 9.10. The van der Waals surface area contributed by atoms with Crippen molar-refractivity contribution in [1.82, 2.24) is 15.1 Å². The molecule has 4 rings (SSSR count). The summed E-state index contributed by atoms with van der Waals surface area (Å²) in [4.78, 5) is 12.4. The molecule has 6 nitrogen and oxygen atoms in total. The lowest BCUT2D eigenvalue weighted by Crippen LogP contribution is -2.35. The standard InChI is InChI=1S/C19H16BrF3N4O2/c20-12-5-3-11(4-6-12)14-8-16(19(21,22)23)27-17(25-14)9-15(26-27)18(28)24-10-13-2-1-7-29-13/h1-7,9,14,16,25H,8,10H2,(H,24,28)/t14-,16+/m0/s1. The van der Waals surface area contributed by atoms with E-state index in [1.54, 1.807) is 36.4 Å². The fraction of sp³-hybridized carbons (Fsp3) is 0.263. The summed E-state index contributed by atoms with van der Waals surface area (Å²) < 4.78 is 47.9. The van der Waals surface area contributed by atoms with E-state index in [-0.39, 0.29) is 24.5 Å². The summed E-state index contributed by atoms with van der Waals surface area (Å²) in [7, 11) is 0. The summed E-state index contributed by atoms with van der Waals surface area (Å²) in [5.74, 6) is 0.102. The van der Waals surface area contributed by atoms with Crippen molar-refractivity contribution < 1.29 is 22.4 Å². The van der Waals surface area contributed by atoms with Gasteiger partial charge in [-0.25, -0.2) is 4.68 Å². The number of carbonyl (C=O) groups excluding carboxylic acids is 1. The number of aromatic nitrogens is 2. The predicted molar refractivity (Wildman–Crippen MR) is 102 cm³/mol. The van der Waals surface area contributed by atoms with Crippen LogP contribution < -0.4 is 10.6 Å². The van der Waals surface area contributed by atoms with Gasteiger partial charge in [0, 0.05) is 17.0 Å². The zero-order valence-corrected chi connectivity index (χ0v) is 16.5. The summed E-state index contributed by atoms with van der Waals surface area (Å²) in [5, 5.41) is 9.58. The number of alkyl halides is 3. The molecule has 1 aliphatic rings. The number of fused-ring (bicyclic) bond motifs is 1. The zero-order valence-electron chi connectivity index (χ0n) is 14.9. The number of furan rings is 1. The molecule has 2 atom stereocenters. The normalized spacial score (nSPS) is 18.8. The highest BCUT2D eigenvalue weighted by atomic mass is 79.9. The van der Waals surface area contributed by atoms with Gasteiger partial charge >= 0.3 is 6.18 Å². The Morgan fingerprint density at radius 3 is 2.72 bits per heavy atom. The molecule has 0 saturated carbocycles. The summed E-state index contributed by atoms with van der Waals surface area (Å²) in [6, 6.07) is 9.38. The Kier molecular flexibility index (Phi) is 5.12. The number of hydrogen-bond acceptors (Lipinski definition) is 4. The van der Waals surface area contributed by atoms with Crippen molar-refractivity contribution in [2.24, 2.45) is 0 Å². The lowest BCUT2D eigenvalue weighted by Gasteiger charge is -2.33. The van der Waals surface area contributed by atoms with Crippen LogP contribution in [-0.2, 0) is 6.54 Å². The van der Waals surface area contributed by atoms with Crippen molar-refractivity contribution in [3.63, 3.8) is 0 Å². The highest BCUT2D eigenvalue weighted by Gasteiger charge is 2.46. The number of anilines is 1. The molecule has 1 aromatic carbocycles. The van der Waals surface area contributed by atoms with Crippen molar-refractivity contribution >= 4 is 27.7 Å². The Morgan fingerprint density at radius 1 is 1.31 bits per heavy atom. The molecule has 2 N–H and O–H groups in total. The van der Waals surface area contributed by atoms with Gasteiger partial charge < -0.3 is 15.1 Å². The van der Waals surface area contributed by atoms with Crippen LogP contribution in [-0.4, -0.2) is 21.9 Å². The Morgan fingerprint density at radius 2 is 2.07 bits per heavy atom. The summed E-state index contributed by atoms with van der Waals surface area (Å²) >= 11 is 3.32. The van der Waals surface area contributed by atoms with Gasteiger partial charge in [0.05, 0.1) is 18.8 Å². The van der Waals surface area contributed by atoms with Gasteiger partial charge in [-0.2, -0.15) is 18.3 Å². The first-order chi connectivity index (χ1) is 13.8. The second-order valence-electron chi connectivity index (χ2n) is 6.66. The van der Waals surface area contributed by atoms with E-state index in [2.05, 4.69) is 31.7 Å². The molecule has 0 aliphatic carbocycles. The van der Waals surface area contributed by atoms with Crippen LogP contribution in [0.3, 0.4) is 0 Å². The van der Waals surface area contributed by atoms with Crippen LogP contribution in [0.2, 0.25) is 0 Å². The minimum absolute atomic E-state index is 0.0928. The summed E-state index contributed by atoms with van der Waals surface area (Å²) in [5.41, 5.74) is 0.628. The lowest BCUT2D eigenvalue weighted by molar-refractivity contribution is -0.173. The molecule has 0 saturated heterocycles. The van der Waals surface area contributed by atoms with Gasteiger partial charge in [-0.1, -0.05) is 28.1 Å². The Bertz CT molecular complexity index is 1000. The number of nitrogens with one attached hydrogen (secondary N) is 2. The fourth-order valence-electron chi connectivity index (χ4n) is 3.27. The zero-order chi connectivity index (χ0) is 20.6. The van der Waals surface area contributed by atoms with Crippen molar-refractivity contribution in [2.75, 3.05) is 5.32 Å². The molecular weight excluding hydrogens is 453 g/mol. The SMILES string of the molecule is O=C(NCc1ccco1)c1cc2n(n1)[C@@H](C(F)(F)F)C[C@@H](c1ccc(Br)cc1)N2. The monoisotopic (exact) mass is 468 g/mol. The van der Waals surface area contributed by atoms with Gasteiger partial charge in [0.1, 0.15) is 11.6 Å². The lowest BCUT2D eigenvalue weighted by atomic mass is 9.97. The second kappa shape index (κ2) is 7.58. The number of hydrogen-bond donors (Lipinski definition) is 2. The van der Waals surface area contributed by atoms with Gasteiger partial charge in [0.15, 0.2) is 11.7 Å². The molecule has 152 valence electrons. The number of rotatable bonds is 4. The molecule has 0 fully saturated rings.